The van der Waals surface area contributed by atoms with E-state index < -0.39 is 10.0 Å². The molecule has 0 fully saturated rings. The van der Waals surface area contributed by atoms with Crippen LogP contribution in [-0.4, -0.2) is 49.2 Å². The molecule has 6 heteroatoms. The number of sulfonamides is 1. The SMILES string of the molecule is O=S(=O)(c1cc[c]cc1)N(CCO)CCO. The standard InChI is InChI=1S/C10H14NO4S/c12-8-6-11(7-9-13)16(14,15)10-4-2-1-3-5-10/h2-5,12-13H,6-9H2. The smallest absolute Gasteiger partial charge is 0.243 e. The fourth-order valence-electron chi connectivity index (χ4n) is 1.27. The van der Waals surface area contributed by atoms with Crippen LogP contribution >= 0.6 is 0 Å². The van der Waals surface area contributed by atoms with Crippen LogP contribution in [0.3, 0.4) is 0 Å². The normalized spacial score (nSPS) is 11.9. The number of rotatable bonds is 6. The van der Waals surface area contributed by atoms with Gasteiger partial charge >= 0.3 is 0 Å². The van der Waals surface area contributed by atoms with Gasteiger partial charge in [-0.25, -0.2) is 8.42 Å². The van der Waals surface area contributed by atoms with Crippen molar-refractivity contribution in [3.8, 4) is 0 Å². The molecule has 0 bridgehead atoms. The first-order valence-electron chi connectivity index (χ1n) is 4.81. The molecular weight excluding hydrogens is 230 g/mol. The lowest BCUT2D eigenvalue weighted by atomic mass is 10.4. The number of aliphatic hydroxyl groups is 2. The highest BCUT2D eigenvalue weighted by Gasteiger charge is 2.22. The van der Waals surface area contributed by atoms with Crippen molar-refractivity contribution in [1.82, 2.24) is 4.31 Å². The number of nitrogens with zero attached hydrogens (tertiary/aromatic N) is 1. The van der Waals surface area contributed by atoms with E-state index in [9.17, 15) is 8.42 Å². The van der Waals surface area contributed by atoms with E-state index >= 15 is 0 Å². The van der Waals surface area contributed by atoms with Gasteiger partial charge < -0.3 is 10.2 Å². The van der Waals surface area contributed by atoms with Crippen molar-refractivity contribution in [2.75, 3.05) is 26.3 Å². The molecule has 0 spiro atoms. The minimum absolute atomic E-state index is 0.0263. The third-order valence-electron chi connectivity index (χ3n) is 2.02. The van der Waals surface area contributed by atoms with E-state index in [1.807, 2.05) is 0 Å². The highest BCUT2D eigenvalue weighted by molar-refractivity contribution is 7.89. The molecule has 16 heavy (non-hydrogen) atoms. The summed E-state index contributed by atoms with van der Waals surface area (Å²) >= 11 is 0. The molecule has 5 nitrogen and oxygen atoms in total. The van der Waals surface area contributed by atoms with Gasteiger partial charge in [0.25, 0.3) is 0 Å². The van der Waals surface area contributed by atoms with Crippen LogP contribution in [0.4, 0.5) is 0 Å². The Bertz CT molecular complexity index is 398. The largest absolute Gasteiger partial charge is 0.395 e. The summed E-state index contributed by atoms with van der Waals surface area (Å²) in [5.74, 6) is 0. The van der Waals surface area contributed by atoms with Crippen LogP contribution in [0.2, 0.25) is 0 Å². The lowest BCUT2D eigenvalue weighted by molar-refractivity contribution is 0.217. The Morgan fingerprint density at radius 3 is 2.06 bits per heavy atom. The maximum atomic E-state index is 12.0. The molecule has 0 unspecified atom stereocenters. The van der Waals surface area contributed by atoms with Crippen molar-refractivity contribution in [3.63, 3.8) is 0 Å². The second kappa shape index (κ2) is 5.95. The third kappa shape index (κ3) is 3.02. The van der Waals surface area contributed by atoms with E-state index in [1.54, 1.807) is 0 Å². The van der Waals surface area contributed by atoms with E-state index in [4.69, 9.17) is 10.2 Å². The van der Waals surface area contributed by atoms with Crippen molar-refractivity contribution in [2.24, 2.45) is 0 Å². The van der Waals surface area contributed by atoms with E-state index in [0.717, 1.165) is 4.31 Å². The summed E-state index contributed by atoms with van der Waals surface area (Å²) in [5.41, 5.74) is 0. The van der Waals surface area contributed by atoms with Crippen molar-refractivity contribution in [1.29, 1.82) is 0 Å². The van der Waals surface area contributed by atoms with Gasteiger partial charge in [-0.2, -0.15) is 4.31 Å². The number of aliphatic hydroxyl groups excluding tert-OH is 2. The summed E-state index contributed by atoms with van der Waals surface area (Å²) in [6.07, 6.45) is 0. The Balaban J connectivity index is 2.98. The highest BCUT2D eigenvalue weighted by atomic mass is 32.2. The van der Waals surface area contributed by atoms with Crippen LogP contribution in [0.15, 0.2) is 29.2 Å². The lowest BCUT2D eigenvalue weighted by Crippen LogP contribution is -2.35. The molecule has 2 N–H and O–H groups in total. The van der Waals surface area contributed by atoms with Crippen LogP contribution < -0.4 is 0 Å². The van der Waals surface area contributed by atoms with Crippen molar-refractivity contribution in [3.05, 3.63) is 30.3 Å². The average molecular weight is 244 g/mol. The Kier molecular flexibility index (Phi) is 4.88. The predicted octanol–water partition coefficient (Wildman–Crippen LogP) is -0.538. The maximum Gasteiger partial charge on any atom is 0.243 e. The predicted molar refractivity (Wildman–Crippen MR) is 58.2 cm³/mol. The molecule has 0 amide bonds. The molecule has 0 aliphatic carbocycles. The Hall–Kier alpha value is -0.950. The molecule has 89 valence electrons. The number of hydrogen-bond acceptors (Lipinski definition) is 4. The van der Waals surface area contributed by atoms with Crippen LogP contribution in [-0.2, 0) is 10.0 Å². The number of benzene rings is 1. The molecule has 0 aliphatic rings. The topological polar surface area (TPSA) is 77.8 Å². The summed E-state index contributed by atoms with van der Waals surface area (Å²) in [6, 6.07) is 8.59. The fraction of sp³-hybridized carbons (Fsp3) is 0.400. The van der Waals surface area contributed by atoms with Gasteiger partial charge in [-0.1, -0.05) is 12.1 Å². The van der Waals surface area contributed by atoms with Gasteiger partial charge in [0, 0.05) is 13.1 Å². The molecule has 0 saturated carbocycles. The Labute approximate surface area is 95.0 Å². The molecule has 1 aromatic carbocycles. The Morgan fingerprint density at radius 1 is 1.12 bits per heavy atom. The van der Waals surface area contributed by atoms with Crippen LogP contribution in [0.25, 0.3) is 0 Å². The summed E-state index contributed by atoms with van der Waals surface area (Å²) in [6.45, 7) is -0.612. The first-order valence-corrected chi connectivity index (χ1v) is 6.25. The molecule has 1 aromatic rings. The summed E-state index contributed by atoms with van der Waals surface area (Å²) < 4.78 is 25.0. The summed E-state index contributed by atoms with van der Waals surface area (Å²) in [4.78, 5) is 0.133. The molecule has 0 heterocycles. The van der Waals surface area contributed by atoms with Gasteiger partial charge in [-0.3, -0.25) is 0 Å². The van der Waals surface area contributed by atoms with E-state index in [2.05, 4.69) is 6.07 Å². The van der Waals surface area contributed by atoms with Gasteiger partial charge in [0.05, 0.1) is 18.1 Å². The molecule has 0 aliphatic heterocycles. The van der Waals surface area contributed by atoms with Gasteiger partial charge in [-0.15, -0.1) is 0 Å². The van der Waals surface area contributed by atoms with E-state index in [0.29, 0.717) is 0 Å². The van der Waals surface area contributed by atoms with Crippen molar-refractivity contribution in [2.45, 2.75) is 4.90 Å². The summed E-state index contributed by atoms with van der Waals surface area (Å²) in [5, 5.41) is 17.6. The van der Waals surface area contributed by atoms with E-state index in [1.165, 1.54) is 24.3 Å². The molecule has 1 radical (unpaired) electrons. The molecule has 1 rings (SSSR count). The van der Waals surface area contributed by atoms with Crippen molar-refractivity contribution >= 4 is 10.0 Å². The van der Waals surface area contributed by atoms with Crippen LogP contribution in [0, 0.1) is 6.07 Å². The third-order valence-corrected chi connectivity index (χ3v) is 3.94. The highest BCUT2D eigenvalue weighted by Crippen LogP contribution is 2.13. The zero-order valence-electron chi connectivity index (χ0n) is 8.70. The molecular formula is C10H14NO4S. The van der Waals surface area contributed by atoms with Gasteiger partial charge in [-0.05, 0) is 18.2 Å². The fourth-order valence-corrected chi connectivity index (χ4v) is 2.69. The van der Waals surface area contributed by atoms with Gasteiger partial charge in [0.15, 0.2) is 0 Å². The number of hydrogen-bond donors (Lipinski definition) is 2. The first kappa shape index (κ1) is 13.1. The average Bonchev–Trinajstić information content (AvgIpc) is 2.30. The second-order valence-corrected chi connectivity index (χ2v) is 5.02. The molecule has 0 atom stereocenters. The van der Waals surface area contributed by atoms with E-state index in [-0.39, 0.29) is 31.2 Å². The van der Waals surface area contributed by atoms with Crippen LogP contribution in [0.5, 0.6) is 0 Å². The molecule has 0 saturated heterocycles. The van der Waals surface area contributed by atoms with Crippen molar-refractivity contribution < 1.29 is 18.6 Å². The summed E-state index contributed by atoms with van der Waals surface area (Å²) in [7, 11) is -3.63. The minimum atomic E-state index is -3.63. The zero-order valence-corrected chi connectivity index (χ0v) is 9.52. The lowest BCUT2D eigenvalue weighted by Gasteiger charge is -2.19. The Morgan fingerprint density at radius 2 is 1.62 bits per heavy atom. The van der Waals surface area contributed by atoms with Gasteiger partial charge in [0.1, 0.15) is 0 Å². The molecule has 0 aromatic heterocycles. The second-order valence-electron chi connectivity index (χ2n) is 3.09. The minimum Gasteiger partial charge on any atom is -0.395 e. The monoisotopic (exact) mass is 244 g/mol. The van der Waals surface area contributed by atoms with Crippen LogP contribution in [0.1, 0.15) is 0 Å². The zero-order chi connectivity index (χ0) is 12.0. The quantitative estimate of drug-likeness (QED) is 0.704. The van der Waals surface area contributed by atoms with Gasteiger partial charge in [0.2, 0.25) is 10.0 Å². The maximum absolute atomic E-state index is 12.0. The first-order chi connectivity index (χ1) is 7.62.